The molecule has 1 aliphatic rings. The van der Waals surface area contributed by atoms with E-state index in [1.165, 1.54) is 6.07 Å². The van der Waals surface area contributed by atoms with Gasteiger partial charge < -0.3 is 10.6 Å². The first-order valence-electron chi connectivity index (χ1n) is 9.92. The molecule has 0 bridgehead atoms. The van der Waals surface area contributed by atoms with Crippen molar-refractivity contribution in [1.29, 1.82) is 0 Å². The zero-order valence-corrected chi connectivity index (χ0v) is 17.4. The van der Waals surface area contributed by atoms with Crippen molar-refractivity contribution >= 4 is 17.5 Å². The Morgan fingerprint density at radius 2 is 1.97 bits per heavy atom. The molecule has 1 fully saturated rings. The molecule has 4 nitrogen and oxygen atoms in total. The molecule has 1 saturated heterocycles. The summed E-state index contributed by atoms with van der Waals surface area (Å²) in [5.41, 5.74) is 0.838. The Morgan fingerprint density at radius 3 is 2.67 bits per heavy atom. The predicted octanol–water partition coefficient (Wildman–Crippen LogP) is 4.23. The van der Waals surface area contributed by atoms with Crippen molar-refractivity contribution in [2.45, 2.75) is 44.7 Å². The van der Waals surface area contributed by atoms with Gasteiger partial charge in [-0.1, -0.05) is 48.0 Å². The number of amides is 1. The fourth-order valence-electron chi connectivity index (χ4n) is 3.76. The van der Waals surface area contributed by atoms with E-state index in [-0.39, 0.29) is 18.0 Å². The molecule has 0 aromatic heterocycles. The Bertz CT molecular complexity index is 875. The van der Waals surface area contributed by atoms with Gasteiger partial charge in [-0.05, 0) is 36.6 Å². The number of hydrogen-bond donors (Lipinski definition) is 2. The molecule has 0 radical (unpaired) electrons. The van der Waals surface area contributed by atoms with Crippen LogP contribution >= 0.6 is 11.6 Å². The number of carbonyl (C=O) groups excluding carboxylic acids is 1. The lowest BCUT2D eigenvalue weighted by atomic mass is 10.1. The Balaban J connectivity index is 1.68. The lowest BCUT2D eigenvalue weighted by Gasteiger charge is -2.23. The summed E-state index contributed by atoms with van der Waals surface area (Å²) in [4.78, 5) is 14.6. The van der Waals surface area contributed by atoms with Crippen LogP contribution in [-0.2, 0) is 24.1 Å². The monoisotopic (exact) mass is 439 g/mol. The highest BCUT2D eigenvalue weighted by molar-refractivity contribution is 6.31. The SMILES string of the molecule is CCNC(=O)[C@@H]1C[C@@H](NCc2cccc(C(F)(F)F)c2)CN1Cc1ccccc1Cl. The third-order valence-electron chi connectivity index (χ3n) is 5.24. The van der Waals surface area contributed by atoms with Crippen LogP contribution in [0.1, 0.15) is 30.0 Å². The number of rotatable bonds is 7. The normalized spacial score (nSPS) is 19.8. The standard InChI is InChI=1S/C22H25ClF3N3O/c1-2-27-21(30)20-11-18(14-29(20)13-16-7-3-4-9-19(16)23)28-12-15-6-5-8-17(10-15)22(24,25)26/h3-10,18,20,28H,2,11-14H2,1H3,(H,27,30)/t18-,20+/m1/s1. The first-order chi connectivity index (χ1) is 14.3. The first kappa shape index (κ1) is 22.6. The molecular weight excluding hydrogens is 415 g/mol. The van der Waals surface area contributed by atoms with Crippen molar-refractivity contribution in [1.82, 2.24) is 15.5 Å². The minimum absolute atomic E-state index is 0.0189. The van der Waals surface area contributed by atoms with E-state index in [0.717, 1.165) is 17.7 Å². The van der Waals surface area contributed by atoms with Crippen LogP contribution in [0.4, 0.5) is 13.2 Å². The molecule has 1 aliphatic heterocycles. The number of nitrogens with one attached hydrogen (secondary N) is 2. The molecular formula is C22H25ClF3N3O. The fraction of sp³-hybridized carbons (Fsp3) is 0.409. The van der Waals surface area contributed by atoms with Crippen LogP contribution in [0.2, 0.25) is 5.02 Å². The number of likely N-dealkylation sites (tertiary alicyclic amines) is 1. The highest BCUT2D eigenvalue weighted by Gasteiger charge is 2.36. The quantitative estimate of drug-likeness (QED) is 0.678. The van der Waals surface area contributed by atoms with Gasteiger partial charge in [-0.15, -0.1) is 0 Å². The minimum atomic E-state index is -4.36. The fourth-order valence-corrected chi connectivity index (χ4v) is 3.95. The average molecular weight is 440 g/mol. The topological polar surface area (TPSA) is 44.4 Å². The third kappa shape index (κ3) is 5.74. The maximum Gasteiger partial charge on any atom is 0.416 e. The first-order valence-corrected chi connectivity index (χ1v) is 10.3. The van der Waals surface area contributed by atoms with Gasteiger partial charge in [0.1, 0.15) is 0 Å². The second-order valence-electron chi connectivity index (χ2n) is 7.44. The molecule has 2 aromatic rings. The van der Waals surface area contributed by atoms with Crippen molar-refractivity contribution in [2.24, 2.45) is 0 Å². The van der Waals surface area contributed by atoms with Crippen molar-refractivity contribution in [2.75, 3.05) is 13.1 Å². The van der Waals surface area contributed by atoms with E-state index >= 15 is 0 Å². The van der Waals surface area contributed by atoms with Gasteiger partial charge in [0, 0.05) is 37.2 Å². The van der Waals surface area contributed by atoms with E-state index in [4.69, 9.17) is 11.6 Å². The Kier molecular flexibility index (Phi) is 7.39. The van der Waals surface area contributed by atoms with Crippen LogP contribution in [0, 0.1) is 0 Å². The van der Waals surface area contributed by atoms with Gasteiger partial charge in [-0.3, -0.25) is 9.69 Å². The van der Waals surface area contributed by atoms with Crippen LogP contribution in [0.3, 0.4) is 0 Å². The van der Waals surface area contributed by atoms with E-state index in [9.17, 15) is 18.0 Å². The van der Waals surface area contributed by atoms with Gasteiger partial charge in [0.15, 0.2) is 0 Å². The van der Waals surface area contributed by atoms with E-state index in [0.29, 0.717) is 43.2 Å². The molecule has 8 heteroatoms. The molecule has 0 unspecified atom stereocenters. The maximum atomic E-state index is 12.9. The molecule has 1 heterocycles. The van der Waals surface area contributed by atoms with Crippen molar-refractivity contribution in [3.05, 3.63) is 70.2 Å². The lowest BCUT2D eigenvalue weighted by molar-refractivity contribution is -0.137. The summed E-state index contributed by atoms with van der Waals surface area (Å²) >= 11 is 6.29. The molecule has 30 heavy (non-hydrogen) atoms. The minimum Gasteiger partial charge on any atom is -0.355 e. The molecule has 1 amide bonds. The van der Waals surface area contributed by atoms with Crippen molar-refractivity contribution in [3.63, 3.8) is 0 Å². The van der Waals surface area contributed by atoms with E-state index < -0.39 is 11.7 Å². The van der Waals surface area contributed by atoms with Gasteiger partial charge in [0.05, 0.1) is 11.6 Å². The Labute approximate surface area is 179 Å². The lowest BCUT2D eigenvalue weighted by Crippen LogP contribution is -2.42. The summed E-state index contributed by atoms with van der Waals surface area (Å²) in [6.45, 7) is 3.85. The molecule has 0 spiro atoms. The number of likely N-dealkylation sites (N-methyl/N-ethyl adjacent to an activating group) is 1. The highest BCUT2D eigenvalue weighted by atomic mass is 35.5. The summed E-state index contributed by atoms with van der Waals surface area (Å²) in [6, 6.07) is 12.5. The molecule has 2 atom stereocenters. The van der Waals surface area contributed by atoms with Crippen LogP contribution < -0.4 is 10.6 Å². The van der Waals surface area contributed by atoms with E-state index in [1.807, 2.05) is 31.2 Å². The molecule has 2 aromatic carbocycles. The third-order valence-corrected chi connectivity index (χ3v) is 5.61. The number of benzene rings is 2. The van der Waals surface area contributed by atoms with E-state index in [1.54, 1.807) is 6.07 Å². The molecule has 0 aliphatic carbocycles. The van der Waals surface area contributed by atoms with Gasteiger partial charge in [0.25, 0.3) is 0 Å². The summed E-state index contributed by atoms with van der Waals surface area (Å²) < 4.78 is 38.8. The average Bonchev–Trinajstić information content (AvgIpc) is 3.11. The largest absolute Gasteiger partial charge is 0.416 e. The van der Waals surface area contributed by atoms with E-state index in [2.05, 4.69) is 15.5 Å². The molecule has 162 valence electrons. The maximum absolute atomic E-state index is 12.9. The zero-order chi connectivity index (χ0) is 21.7. The highest BCUT2D eigenvalue weighted by Crippen LogP contribution is 2.30. The number of hydrogen-bond acceptors (Lipinski definition) is 3. The van der Waals surface area contributed by atoms with Gasteiger partial charge in [0.2, 0.25) is 5.91 Å². The molecule has 0 saturated carbocycles. The van der Waals surface area contributed by atoms with Crippen LogP contribution in [-0.4, -0.2) is 36.0 Å². The molecule has 3 rings (SSSR count). The van der Waals surface area contributed by atoms with Crippen LogP contribution in [0.15, 0.2) is 48.5 Å². The summed E-state index contributed by atoms with van der Waals surface area (Å²) in [6.07, 6.45) is -3.78. The number of halogens is 4. The smallest absolute Gasteiger partial charge is 0.355 e. The number of carbonyl (C=O) groups is 1. The number of alkyl halides is 3. The molecule has 2 N–H and O–H groups in total. The number of nitrogens with zero attached hydrogens (tertiary/aromatic N) is 1. The van der Waals surface area contributed by atoms with Crippen molar-refractivity contribution < 1.29 is 18.0 Å². The van der Waals surface area contributed by atoms with Gasteiger partial charge >= 0.3 is 6.18 Å². The second kappa shape index (κ2) is 9.81. The second-order valence-corrected chi connectivity index (χ2v) is 7.85. The Hall–Kier alpha value is -2.09. The summed E-state index contributed by atoms with van der Waals surface area (Å²) in [7, 11) is 0. The van der Waals surface area contributed by atoms with Crippen molar-refractivity contribution in [3.8, 4) is 0 Å². The van der Waals surface area contributed by atoms with Gasteiger partial charge in [-0.2, -0.15) is 13.2 Å². The predicted molar refractivity (Wildman–Crippen MR) is 111 cm³/mol. The van der Waals surface area contributed by atoms with Crippen LogP contribution in [0.5, 0.6) is 0 Å². The zero-order valence-electron chi connectivity index (χ0n) is 16.7. The summed E-state index contributed by atoms with van der Waals surface area (Å²) in [5.74, 6) is -0.0482. The van der Waals surface area contributed by atoms with Gasteiger partial charge in [-0.25, -0.2) is 0 Å². The summed E-state index contributed by atoms with van der Waals surface area (Å²) in [5, 5.41) is 6.83. The van der Waals surface area contributed by atoms with Crippen LogP contribution in [0.25, 0.3) is 0 Å². The Morgan fingerprint density at radius 1 is 1.20 bits per heavy atom.